The molecular weight excluding hydrogens is 338 g/mol. The summed E-state index contributed by atoms with van der Waals surface area (Å²) in [6, 6.07) is 14.6. The van der Waals surface area contributed by atoms with Gasteiger partial charge in [0.1, 0.15) is 0 Å². The van der Waals surface area contributed by atoms with Crippen LogP contribution in [0.5, 0.6) is 0 Å². The first-order chi connectivity index (χ1) is 12.1. The lowest BCUT2D eigenvalue weighted by molar-refractivity contribution is 0.514. The molecule has 126 valence electrons. The van der Waals surface area contributed by atoms with E-state index in [1.807, 2.05) is 36.4 Å². The van der Waals surface area contributed by atoms with Gasteiger partial charge in [-0.15, -0.1) is 0 Å². The van der Waals surface area contributed by atoms with Gasteiger partial charge in [-0.05, 0) is 24.3 Å². The van der Waals surface area contributed by atoms with Crippen molar-refractivity contribution in [3.63, 3.8) is 0 Å². The Balaban J connectivity index is 1.60. The zero-order chi connectivity index (χ0) is 17.4. The third-order valence-electron chi connectivity index (χ3n) is 4.06. The van der Waals surface area contributed by atoms with Crippen LogP contribution < -0.4 is 11.3 Å². The minimum atomic E-state index is -0.373. The molecule has 0 fully saturated rings. The fourth-order valence-electron chi connectivity index (χ4n) is 2.78. The summed E-state index contributed by atoms with van der Waals surface area (Å²) in [5.41, 5.74) is 1.96. The Kier molecular flexibility index (Phi) is 3.93. The minimum absolute atomic E-state index is 0.0703. The van der Waals surface area contributed by atoms with E-state index in [1.165, 1.54) is 11.8 Å². The maximum atomic E-state index is 12.4. The van der Waals surface area contributed by atoms with Crippen LogP contribution in [-0.4, -0.2) is 19.9 Å². The largest absolute Gasteiger partial charge is 0.419 e. The summed E-state index contributed by atoms with van der Waals surface area (Å²) in [5, 5.41) is 1.23. The molecular formula is C18H15N3O3S. The summed E-state index contributed by atoms with van der Waals surface area (Å²) in [4.78, 5) is 29.0. The first-order valence-corrected chi connectivity index (χ1v) is 8.80. The summed E-state index contributed by atoms with van der Waals surface area (Å²) < 4.78 is 8.37. The molecule has 2 heterocycles. The van der Waals surface area contributed by atoms with Crippen LogP contribution >= 0.6 is 11.8 Å². The molecule has 0 amide bonds. The average Bonchev–Trinajstić information content (AvgIpc) is 2.95. The molecule has 7 heteroatoms. The molecule has 25 heavy (non-hydrogen) atoms. The number of para-hydroxylation sites is 3. The molecule has 0 saturated heterocycles. The lowest BCUT2D eigenvalue weighted by Crippen LogP contribution is -2.20. The van der Waals surface area contributed by atoms with E-state index in [-0.39, 0.29) is 11.3 Å². The molecule has 2 aromatic carbocycles. The second-order valence-electron chi connectivity index (χ2n) is 5.61. The zero-order valence-corrected chi connectivity index (χ0v) is 14.3. The van der Waals surface area contributed by atoms with Gasteiger partial charge < -0.3 is 4.42 Å². The Morgan fingerprint density at radius 3 is 2.72 bits per heavy atom. The van der Waals surface area contributed by atoms with Crippen LogP contribution in [0.3, 0.4) is 0 Å². The van der Waals surface area contributed by atoms with Crippen LogP contribution in [0, 0.1) is 0 Å². The molecule has 0 saturated carbocycles. The molecule has 0 radical (unpaired) electrons. The molecule has 4 rings (SSSR count). The van der Waals surface area contributed by atoms with Gasteiger partial charge in [-0.25, -0.2) is 9.78 Å². The van der Waals surface area contributed by atoms with Crippen LogP contribution in [-0.2, 0) is 13.6 Å². The maximum Gasteiger partial charge on any atom is 0.419 e. The maximum absolute atomic E-state index is 12.4. The number of fused-ring (bicyclic) bond motifs is 2. The molecule has 0 bridgehead atoms. The van der Waals surface area contributed by atoms with Gasteiger partial charge in [0.25, 0.3) is 5.56 Å². The Bertz CT molecular complexity index is 1190. The highest BCUT2D eigenvalue weighted by molar-refractivity contribution is 7.99. The number of benzene rings is 2. The van der Waals surface area contributed by atoms with Gasteiger partial charge in [0.15, 0.2) is 10.7 Å². The van der Waals surface area contributed by atoms with Crippen LogP contribution in [0.15, 0.2) is 67.7 Å². The molecule has 0 spiro atoms. The van der Waals surface area contributed by atoms with Crippen LogP contribution in [0.1, 0.15) is 0 Å². The normalized spacial score (nSPS) is 11.4. The van der Waals surface area contributed by atoms with Crippen LogP contribution in [0.2, 0.25) is 0 Å². The van der Waals surface area contributed by atoms with E-state index in [1.54, 1.807) is 28.3 Å². The summed E-state index contributed by atoms with van der Waals surface area (Å²) >= 11 is 1.44. The monoisotopic (exact) mass is 353 g/mol. The quantitative estimate of drug-likeness (QED) is 0.417. The predicted octanol–water partition coefficient (Wildman–Crippen LogP) is 2.63. The Morgan fingerprint density at radius 1 is 1.08 bits per heavy atom. The van der Waals surface area contributed by atoms with E-state index in [9.17, 15) is 9.59 Å². The predicted molar refractivity (Wildman–Crippen MR) is 98.2 cm³/mol. The molecule has 0 aliphatic carbocycles. The van der Waals surface area contributed by atoms with E-state index >= 15 is 0 Å². The number of aryl methyl sites for hydroxylation is 1. The Labute approximate surface area is 146 Å². The first kappa shape index (κ1) is 15.7. The van der Waals surface area contributed by atoms with Crippen molar-refractivity contribution in [2.24, 2.45) is 7.05 Å². The van der Waals surface area contributed by atoms with Gasteiger partial charge in [-0.1, -0.05) is 36.0 Å². The fraction of sp³-hybridized carbons (Fsp3) is 0.167. The van der Waals surface area contributed by atoms with Crippen molar-refractivity contribution in [2.45, 2.75) is 11.7 Å². The summed E-state index contributed by atoms with van der Waals surface area (Å²) in [6.45, 7) is 0.475. The zero-order valence-electron chi connectivity index (χ0n) is 13.5. The van der Waals surface area contributed by atoms with Gasteiger partial charge >= 0.3 is 5.76 Å². The topological polar surface area (TPSA) is 70.0 Å². The lowest BCUT2D eigenvalue weighted by atomic mass is 10.2. The van der Waals surface area contributed by atoms with Gasteiger partial charge in [0.2, 0.25) is 0 Å². The summed E-state index contributed by atoms with van der Waals surface area (Å²) in [5.74, 6) is 0.226. The number of oxazole rings is 1. The number of hydrogen-bond donors (Lipinski definition) is 0. The number of thioether (sulfide) groups is 1. The van der Waals surface area contributed by atoms with Gasteiger partial charge in [-0.3, -0.25) is 13.9 Å². The number of nitrogens with zero attached hydrogens (tertiary/aromatic N) is 3. The highest BCUT2D eigenvalue weighted by Gasteiger charge is 2.11. The van der Waals surface area contributed by atoms with Crippen LogP contribution in [0.4, 0.5) is 0 Å². The van der Waals surface area contributed by atoms with Crippen molar-refractivity contribution >= 4 is 33.8 Å². The van der Waals surface area contributed by atoms with E-state index in [0.29, 0.717) is 33.9 Å². The molecule has 0 atom stereocenters. The highest BCUT2D eigenvalue weighted by atomic mass is 32.2. The summed E-state index contributed by atoms with van der Waals surface area (Å²) in [7, 11) is 1.71. The Morgan fingerprint density at radius 2 is 1.84 bits per heavy atom. The van der Waals surface area contributed by atoms with E-state index in [2.05, 4.69) is 4.98 Å². The van der Waals surface area contributed by atoms with E-state index in [4.69, 9.17) is 4.42 Å². The first-order valence-electron chi connectivity index (χ1n) is 7.82. The third kappa shape index (κ3) is 2.76. The molecule has 0 aliphatic heterocycles. The summed E-state index contributed by atoms with van der Waals surface area (Å²) in [6.07, 6.45) is 0. The average molecular weight is 353 g/mol. The van der Waals surface area contributed by atoms with Crippen molar-refractivity contribution in [3.8, 4) is 0 Å². The smallest absolute Gasteiger partial charge is 0.408 e. The van der Waals surface area contributed by atoms with E-state index in [0.717, 1.165) is 5.52 Å². The Hall–Kier alpha value is -2.80. The van der Waals surface area contributed by atoms with Crippen LogP contribution in [0.25, 0.3) is 22.0 Å². The number of hydrogen-bond acceptors (Lipinski definition) is 5. The van der Waals surface area contributed by atoms with E-state index < -0.39 is 0 Å². The van der Waals surface area contributed by atoms with Gasteiger partial charge in [0, 0.05) is 19.3 Å². The standard InChI is InChI=1S/C18H15N3O3S/c1-20-16(22)12-6-2-3-7-13(12)19-17(20)25-11-10-21-14-8-4-5-9-15(14)24-18(21)23/h2-9H,10-11H2,1H3. The molecule has 0 unspecified atom stereocenters. The lowest BCUT2D eigenvalue weighted by Gasteiger charge is -2.08. The SMILES string of the molecule is Cn1c(SCCn2c(=O)oc3ccccc32)nc2ccccc2c1=O. The second kappa shape index (κ2) is 6.25. The fourth-order valence-corrected chi connectivity index (χ4v) is 3.68. The van der Waals surface area contributed by atoms with Gasteiger partial charge in [0.05, 0.1) is 16.4 Å². The van der Waals surface area contributed by atoms with Crippen molar-refractivity contribution < 1.29 is 4.42 Å². The number of rotatable bonds is 4. The minimum Gasteiger partial charge on any atom is -0.408 e. The molecule has 0 aliphatic rings. The van der Waals surface area contributed by atoms with Crippen molar-refractivity contribution in [2.75, 3.05) is 5.75 Å². The molecule has 4 aromatic rings. The molecule has 0 N–H and O–H groups in total. The number of aromatic nitrogens is 3. The van der Waals surface area contributed by atoms with Gasteiger partial charge in [-0.2, -0.15) is 0 Å². The van der Waals surface area contributed by atoms with Crippen molar-refractivity contribution in [3.05, 3.63) is 69.4 Å². The molecule has 2 aromatic heterocycles. The van der Waals surface area contributed by atoms with Crippen molar-refractivity contribution in [1.82, 2.24) is 14.1 Å². The third-order valence-corrected chi connectivity index (χ3v) is 5.07. The van der Waals surface area contributed by atoms with Crippen molar-refractivity contribution in [1.29, 1.82) is 0 Å². The molecule has 6 nitrogen and oxygen atoms in total. The second-order valence-corrected chi connectivity index (χ2v) is 6.67. The highest BCUT2D eigenvalue weighted by Crippen LogP contribution is 2.18.